The number of nitrogens with one attached hydrogen (secondary N) is 2. The van der Waals surface area contributed by atoms with Gasteiger partial charge in [-0.1, -0.05) is 128 Å². The highest BCUT2D eigenvalue weighted by molar-refractivity contribution is 5.93. The van der Waals surface area contributed by atoms with Gasteiger partial charge in [0.05, 0.1) is 36.3 Å². The van der Waals surface area contributed by atoms with Gasteiger partial charge >= 0.3 is 0 Å². The molecular weight excluding hydrogens is 741 g/mol. The van der Waals surface area contributed by atoms with Crippen molar-refractivity contribution < 1.29 is 29.3 Å². The van der Waals surface area contributed by atoms with E-state index < -0.39 is 12.4 Å². The number of aliphatic hydroxyl groups is 2. The van der Waals surface area contributed by atoms with E-state index in [0.717, 1.165) is 64.6 Å². The van der Waals surface area contributed by atoms with Crippen LogP contribution in [0, 0.1) is 0 Å². The lowest BCUT2D eigenvalue weighted by atomic mass is 9.97. The van der Waals surface area contributed by atoms with E-state index in [1.54, 1.807) is 12.1 Å². The predicted molar refractivity (Wildman–Crippen MR) is 233 cm³/mol. The van der Waals surface area contributed by atoms with Gasteiger partial charge in [0.1, 0.15) is 0 Å². The van der Waals surface area contributed by atoms with Crippen LogP contribution in [0.1, 0.15) is 98.2 Å². The second-order valence-electron chi connectivity index (χ2n) is 15.5. The number of anilines is 2. The summed E-state index contributed by atoms with van der Waals surface area (Å²) in [5, 5.41) is 26.7. The van der Waals surface area contributed by atoms with Crippen molar-refractivity contribution in [2.45, 2.75) is 95.7 Å². The largest absolute Gasteiger partial charge is 0.397 e. The molecular formula is C49H58N4O6. The molecule has 6 N–H and O–H groups in total. The molecule has 1 fully saturated rings. The van der Waals surface area contributed by atoms with Gasteiger partial charge < -0.3 is 36.1 Å². The van der Waals surface area contributed by atoms with Crippen LogP contribution >= 0.6 is 0 Å². The van der Waals surface area contributed by atoms with Gasteiger partial charge in [0.2, 0.25) is 11.8 Å². The minimum absolute atomic E-state index is 0.00349. The van der Waals surface area contributed by atoms with Crippen LogP contribution in [0.25, 0.3) is 11.1 Å². The quantitative estimate of drug-likeness (QED) is 0.0413. The first kappa shape index (κ1) is 43.2. The molecule has 59 heavy (non-hydrogen) atoms. The lowest BCUT2D eigenvalue weighted by Gasteiger charge is -2.39. The minimum atomic E-state index is -0.646. The number of carbonyl (C=O) groups is 2. The van der Waals surface area contributed by atoms with E-state index in [9.17, 15) is 19.8 Å². The van der Waals surface area contributed by atoms with Gasteiger partial charge in [-0.25, -0.2) is 0 Å². The van der Waals surface area contributed by atoms with Crippen LogP contribution in [0.5, 0.6) is 0 Å². The highest BCUT2D eigenvalue weighted by Gasteiger charge is 2.34. The summed E-state index contributed by atoms with van der Waals surface area (Å²) in [5.41, 5.74) is 13.8. The Morgan fingerprint density at radius 3 is 2.14 bits per heavy atom. The molecule has 0 saturated carbocycles. The molecule has 5 atom stereocenters. The molecule has 1 heterocycles. The van der Waals surface area contributed by atoms with Crippen LogP contribution in [0.3, 0.4) is 0 Å². The zero-order valence-corrected chi connectivity index (χ0v) is 34.1. The van der Waals surface area contributed by atoms with Crippen LogP contribution in [-0.4, -0.2) is 52.7 Å². The smallest absolute Gasteiger partial charge is 0.224 e. The minimum Gasteiger partial charge on any atom is -0.397 e. The number of likely N-dealkylation sites (N-methyl/N-ethyl adjacent to an activating group) is 1. The average molecular weight is 799 g/mol. The third-order valence-electron chi connectivity index (χ3n) is 11.2. The number of nitrogens with zero attached hydrogens (tertiary/aromatic N) is 1. The summed E-state index contributed by atoms with van der Waals surface area (Å²) in [6, 6.07) is 40.9. The molecule has 0 spiro atoms. The fourth-order valence-electron chi connectivity index (χ4n) is 7.50. The number of nitrogen functional groups attached to an aromatic ring is 1. The van der Waals surface area contributed by atoms with E-state index in [4.69, 9.17) is 15.2 Å². The third kappa shape index (κ3) is 12.3. The first-order chi connectivity index (χ1) is 28.7. The van der Waals surface area contributed by atoms with Crippen LogP contribution < -0.4 is 16.4 Å². The molecule has 0 unspecified atom stereocenters. The molecule has 6 rings (SSSR count). The Balaban J connectivity index is 1.03. The van der Waals surface area contributed by atoms with Crippen molar-refractivity contribution in [1.82, 2.24) is 10.2 Å². The Hall–Kier alpha value is -5.36. The molecule has 2 amide bonds. The van der Waals surface area contributed by atoms with Crippen molar-refractivity contribution in [3.63, 3.8) is 0 Å². The standard InChI is InChI=1S/C49H58N4O6/c1-34(48(57)38-14-6-5-7-15-38)53(2)32-41-30-45(37-24-22-35(33-54)23-25-37)59-49(58-41)39-28-26-36(27-29-39)42-17-11-10-16-40(42)31-51-46(55)20-8-3-4-9-21-47(56)52-44-19-13-12-18-43(44)50/h5-7,10-19,22-29,34,41,45,48-49,54,57H,3-4,8-9,20-21,30-33,50H2,1-2H3,(H,51,55)(H,52,56)/t34-,41-,45+,48-,49+/m1/s1. The first-order valence-electron chi connectivity index (χ1n) is 20.7. The van der Waals surface area contributed by atoms with Crippen molar-refractivity contribution in [2.24, 2.45) is 0 Å². The highest BCUT2D eigenvalue weighted by Crippen LogP contribution is 2.39. The van der Waals surface area contributed by atoms with Crippen molar-refractivity contribution in [1.29, 1.82) is 0 Å². The number of hydrogen-bond donors (Lipinski definition) is 5. The highest BCUT2D eigenvalue weighted by atomic mass is 16.7. The number of aliphatic hydroxyl groups excluding tert-OH is 2. The van der Waals surface area contributed by atoms with E-state index >= 15 is 0 Å². The Morgan fingerprint density at radius 2 is 1.42 bits per heavy atom. The van der Waals surface area contributed by atoms with E-state index in [0.29, 0.717) is 43.7 Å². The molecule has 10 nitrogen and oxygen atoms in total. The van der Waals surface area contributed by atoms with Crippen LogP contribution in [-0.2, 0) is 32.2 Å². The number of para-hydroxylation sites is 2. The zero-order chi connectivity index (χ0) is 41.6. The lowest BCUT2D eigenvalue weighted by Crippen LogP contribution is -2.43. The number of rotatable bonds is 19. The number of hydrogen-bond acceptors (Lipinski definition) is 8. The number of nitrogens with two attached hydrogens (primary N) is 1. The summed E-state index contributed by atoms with van der Waals surface area (Å²) in [7, 11) is 2.01. The van der Waals surface area contributed by atoms with E-state index in [1.165, 1.54) is 0 Å². The molecule has 5 aromatic carbocycles. The van der Waals surface area contributed by atoms with Gasteiger partial charge in [-0.3, -0.25) is 14.5 Å². The lowest BCUT2D eigenvalue weighted by molar-refractivity contribution is -0.253. The number of carbonyl (C=O) groups excluding carboxylic acids is 2. The predicted octanol–water partition coefficient (Wildman–Crippen LogP) is 8.62. The fourth-order valence-corrected chi connectivity index (χ4v) is 7.50. The summed E-state index contributed by atoms with van der Waals surface area (Å²) >= 11 is 0. The maximum absolute atomic E-state index is 12.8. The molecule has 0 aromatic heterocycles. The molecule has 0 bridgehead atoms. The van der Waals surface area contributed by atoms with E-state index in [-0.39, 0.29) is 36.7 Å². The van der Waals surface area contributed by atoms with E-state index in [1.807, 2.05) is 111 Å². The number of benzene rings is 5. The van der Waals surface area contributed by atoms with Gasteiger partial charge in [-0.2, -0.15) is 0 Å². The van der Waals surface area contributed by atoms with Crippen molar-refractivity contribution in [3.8, 4) is 11.1 Å². The zero-order valence-electron chi connectivity index (χ0n) is 34.1. The number of amides is 2. The van der Waals surface area contributed by atoms with Gasteiger partial charge in [-0.05, 0) is 72.3 Å². The molecule has 1 aliphatic rings. The molecule has 1 aliphatic heterocycles. The maximum atomic E-state index is 12.8. The Bertz CT molecular complexity index is 2080. The van der Waals surface area contributed by atoms with Crippen LogP contribution in [0.2, 0.25) is 0 Å². The van der Waals surface area contributed by atoms with Crippen LogP contribution in [0.15, 0.2) is 127 Å². The maximum Gasteiger partial charge on any atom is 0.224 e. The first-order valence-corrected chi connectivity index (χ1v) is 20.7. The van der Waals surface area contributed by atoms with Gasteiger partial charge in [-0.15, -0.1) is 0 Å². The molecule has 5 aromatic rings. The summed E-state index contributed by atoms with van der Waals surface area (Å²) in [6.07, 6.45) is 3.06. The number of ether oxygens (including phenoxy) is 2. The van der Waals surface area contributed by atoms with Crippen molar-refractivity contribution >= 4 is 23.2 Å². The van der Waals surface area contributed by atoms with Gasteiger partial charge in [0.15, 0.2) is 6.29 Å². The number of unbranched alkanes of at least 4 members (excludes halogenated alkanes) is 3. The SMILES string of the molecule is C[C@H]([C@@H](O)c1ccccc1)N(C)C[C@H]1C[C@@H](c2ccc(CO)cc2)O[C@@H](c2ccc(-c3ccccc3CNC(=O)CCCCCCC(=O)Nc3ccccc3N)cc2)O1. The van der Waals surface area contributed by atoms with Crippen molar-refractivity contribution in [2.75, 3.05) is 24.6 Å². The average Bonchev–Trinajstić information content (AvgIpc) is 3.27. The Morgan fingerprint density at radius 1 is 0.780 bits per heavy atom. The molecule has 310 valence electrons. The molecule has 1 saturated heterocycles. The second-order valence-corrected chi connectivity index (χ2v) is 15.5. The Kier molecular flexibility index (Phi) is 15.8. The Labute approximate surface area is 348 Å². The second kappa shape index (κ2) is 21.6. The van der Waals surface area contributed by atoms with Gasteiger partial charge in [0, 0.05) is 44.0 Å². The van der Waals surface area contributed by atoms with Gasteiger partial charge in [0.25, 0.3) is 0 Å². The third-order valence-corrected chi connectivity index (χ3v) is 11.2. The topological polar surface area (TPSA) is 146 Å². The van der Waals surface area contributed by atoms with Crippen LogP contribution in [0.4, 0.5) is 11.4 Å². The fraction of sp³-hybridized carbons (Fsp3) is 0.347. The molecule has 0 radical (unpaired) electrons. The summed E-state index contributed by atoms with van der Waals surface area (Å²) in [5.74, 6) is -0.0529. The van der Waals surface area contributed by atoms with E-state index in [2.05, 4.69) is 33.7 Å². The summed E-state index contributed by atoms with van der Waals surface area (Å²) < 4.78 is 13.3. The monoisotopic (exact) mass is 798 g/mol. The van der Waals surface area contributed by atoms with Crippen molar-refractivity contribution in [3.05, 3.63) is 155 Å². The molecule has 10 heteroatoms. The molecule has 0 aliphatic carbocycles. The summed E-state index contributed by atoms with van der Waals surface area (Å²) in [4.78, 5) is 27.2. The summed E-state index contributed by atoms with van der Waals surface area (Å²) in [6.45, 7) is 3.01. The normalized spacial score (nSPS) is 17.6.